The third kappa shape index (κ3) is 3.94. The summed E-state index contributed by atoms with van der Waals surface area (Å²) in [6.07, 6.45) is 15.6. The molecular formula is C22H34. The Labute approximate surface area is 137 Å². The fourth-order valence-electron chi connectivity index (χ4n) is 4.68. The SMILES string of the molecule is CCCCCC1CCC(c2ccc3c(c2)CCC(C)C3)CC1. The van der Waals surface area contributed by atoms with Crippen molar-refractivity contribution in [3.05, 3.63) is 34.9 Å². The van der Waals surface area contributed by atoms with Crippen molar-refractivity contribution in [1.82, 2.24) is 0 Å². The van der Waals surface area contributed by atoms with Crippen molar-refractivity contribution >= 4 is 0 Å². The molecule has 1 aromatic carbocycles. The van der Waals surface area contributed by atoms with E-state index in [2.05, 4.69) is 32.0 Å². The molecule has 0 nitrogen and oxygen atoms in total. The van der Waals surface area contributed by atoms with Crippen molar-refractivity contribution in [1.29, 1.82) is 0 Å². The lowest BCUT2D eigenvalue weighted by Crippen LogP contribution is -2.15. The molecule has 2 aliphatic carbocycles. The van der Waals surface area contributed by atoms with E-state index < -0.39 is 0 Å². The lowest BCUT2D eigenvalue weighted by Gasteiger charge is -2.30. The van der Waals surface area contributed by atoms with Crippen LogP contribution in [0.4, 0.5) is 0 Å². The second-order valence-electron chi connectivity index (χ2n) is 8.09. The highest BCUT2D eigenvalue weighted by Crippen LogP contribution is 2.39. The van der Waals surface area contributed by atoms with Crippen LogP contribution in [0.2, 0.25) is 0 Å². The number of benzene rings is 1. The predicted octanol–water partition coefficient (Wildman–Crippen LogP) is 6.67. The van der Waals surface area contributed by atoms with Crippen LogP contribution >= 0.6 is 0 Å². The third-order valence-corrected chi connectivity index (χ3v) is 6.24. The normalized spacial score (nSPS) is 28.4. The maximum Gasteiger partial charge on any atom is -0.0162 e. The van der Waals surface area contributed by atoms with Crippen LogP contribution in [0.5, 0.6) is 0 Å². The molecule has 0 aliphatic heterocycles. The maximum atomic E-state index is 2.57. The van der Waals surface area contributed by atoms with E-state index in [-0.39, 0.29) is 0 Å². The highest BCUT2D eigenvalue weighted by atomic mass is 14.3. The number of hydrogen-bond donors (Lipinski definition) is 0. The van der Waals surface area contributed by atoms with Gasteiger partial charge in [-0.3, -0.25) is 0 Å². The van der Waals surface area contributed by atoms with Crippen molar-refractivity contribution in [3.63, 3.8) is 0 Å². The molecule has 1 aromatic rings. The second-order valence-corrected chi connectivity index (χ2v) is 8.09. The van der Waals surface area contributed by atoms with Gasteiger partial charge in [-0.15, -0.1) is 0 Å². The number of rotatable bonds is 5. The van der Waals surface area contributed by atoms with Crippen molar-refractivity contribution < 1.29 is 0 Å². The van der Waals surface area contributed by atoms with Gasteiger partial charge in [-0.1, -0.05) is 57.7 Å². The van der Waals surface area contributed by atoms with E-state index in [9.17, 15) is 0 Å². The Morgan fingerprint density at radius 1 is 0.955 bits per heavy atom. The molecule has 1 fully saturated rings. The Balaban J connectivity index is 1.55. The zero-order valence-corrected chi connectivity index (χ0v) is 14.7. The molecule has 0 radical (unpaired) electrons. The summed E-state index contributed by atoms with van der Waals surface area (Å²) in [5, 5.41) is 0. The monoisotopic (exact) mass is 298 g/mol. The molecule has 0 bridgehead atoms. The van der Waals surface area contributed by atoms with Gasteiger partial charge in [-0.2, -0.15) is 0 Å². The quantitative estimate of drug-likeness (QED) is 0.533. The van der Waals surface area contributed by atoms with Crippen LogP contribution in [0.1, 0.15) is 94.2 Å². The zero-order valence-electron chi connectivity index (χ0n) is 14.7. The molecule has 1 atom stereocenters. The van der Waals surface area contributed by atoms with E-state index in [1.807, 2.05) is 0 Å². The summed E-state index contributed by atoms with van der Waals surface area (Å²) in [5.41, 5.74) is 4.96. The molecule has 1 unspecified atom stereocenters. The molecule has 1 saturated carbocycles. The van der Waals surface area contributed by atoms with Gasteiger partial charge in [0.15, 0.2) is 0 Å². The minimum Gasteiger partial charge on any atom is -0.0654 e. The lowest BCUT2D eigenvalue weighted by atomic mass is 9.75. The van der Waals surface area contributed by atoms with Gasteiger partial charge in [0.1, 0.15) is 0 Å². The fraction of sp³-hybridized carbons (Fsp3) is 0.727. The molecule has 0 heteroatoms. The minimum atomic E-state index is 0.854. The zero-order chi connectivity index (χ0) is 15.4. The molecule has 3 rings (SSSR count). The summed E-state index contributed by atoms with van der Waals surface area (Å²) in [7, 11) is 0. The van der Waals surface area contributed by atoms with Crippen molar-refractivity contribution in [3.8, 4) is 0 Å². The van der Waals surface area contributed by atoms with Crippen LogP contribution in [0.15, 0.2) is 18.2 Å². The summed E-state index contributed by atoms with van der Waals surface area (Å²) < 4.78 is 0. The average Bonchev–Trinajstić information content (AvgIpc) is 2.55. The fourth-order valence-corrected chi connectivity index (χ4v) is 4.68. The van der Waals surface area contributed by atoms with Crippen molar-refractivity contribution in [2.45, 2.75) is 90.4 Å². The molecule has 22 heavy (non-hydrogen) atoms. The number of fused-ring (bicyclic) bond motifs is 1. The van der Waals surface area contributed by atoms with Crippen molar-refractivity contribution in [2.24, 2.45) is 11.8 Å². The first-order valence-corrected chi connectivity index (χ1v) is 9.88. The van der Waals surface area contributed by atoms with Crippen LogP contribution < -0.4 is 0 Å². The van der Waals surface area contributed by atoms with E-state index in [1.54, 1.807) is 16.7 Å². The Hall–Kier alpha value is -0.780. The first kappa shape index (κ1) is 16.1. The molecule has 0 spiro atoms. The maximum absolute atomic E-state index is 2.57. The molecule has 0 amide bonds. The van der Waals surface area contributed by atoms with Crippen LogP contribution in [0, 0.1) is 11.8 Å². The molecule has 0 heterocycles. The van der Waals surface area contributed by atoms with Gasteiger partial charge in [0.2, 0.25) is 0 Å². The topological polar surface area (TPSA) is 0 Å². The Morgan fingerprint density at radius 2 is 1.77 bits per heavy atom. The minimum absolute atomic E-state index is 0.854. The number of aryl methyl sites for hydroxylation is 1. The van der Waals surface area contributed by atoms with Gasteiger partial charge >= 0.3 is 0 Å². The number of hydrogen-bond acceptors (Lipinski definition) is 0. The van der Waals surface area contributed by atoms with Crippen molar-refractivity contribution in [2.75, 3.05) is 0 Å². The summed E-state index contributed by atoms with van der Waals surface area (Å²) in [4.78, 5) is 0. The highest BCUT2D eigenvalue weighted by Gasteiger charge is 2.23. The van der Waals surface area contributed by atoms with Crippen LogP contribution in [-0.2, 0) is 12.8 Å². The van der Waals surface area contributed by atoms with Gasteiger partial charge < -0.3 is 0 Å². The summed E-state index contributed by atoms with van der Waals surface area (Å²) >= 11 is 0. The van der Waals surface area contributed by atoms with E-state index in [4.69, 9.17) is 0 Å². The van der Waals surface area contributed by atoms with Crippen LogP contribution in [0.25, 0.3) is 0 Å². The van der Waals surface area contributed by atoms with Gasteiger partial charge in [0.25, 0.3) is 0 Å². The molecule has 122 valence electrons. The van der Waals surface area contributed by atoms with Gasteiger partial charge in [0.05, 0.1) is 0 Å². The molecule has 2 aliphatic rings. The molecule has 0 saturated heterocycles. The first-order chi connectivity index (χ1) is 10.8. The summed E-state index contributed by atoms with van der Waals surface area (Å²) in [5.74, 6) is 2.77. The highest BCUT2D eigenvalue weighted by molar-refractivity contribution is 5.36. The molecule has 0 N–H and O–H groups in total. The third-order valence-electron chi connectivity index (χ3n) is 6.24. The van der Waals surface area contributed by atoms with Crippen LogP contribution in [0.3, 0.4) is 0 Å². The second kappa shape index (κ2) is 7.66. The molecular weight excluding hydrogens is 264 g/mol. The van der Waals surface area contributed by atoms with Crippen LogP contribution in [-0.4, -0.2) is 0 Å². The van der Waals surface area contributed by atoms with E-state index >= 15 is 0 Å². The Bertz CT molecular complexity index is 465. The van der Waals surface area contributed by atoms with Gasteiger partial charge in [-0.25, -0.2) is 0 Å². The Morgan fingerprint density at radius 3 is 2.55 bits per heavy atom. The average molecular weight is 299 g/mol. The summed E-state index contributed by atoms with van der Waals surface area (Å²) in [6, 6.07) is 7.48. The van der Waals surface area contributed by atoms with E-state index in [0.717, 1.165) is 17.8 Å². The van der Waals surface area contributed by atoms with Gasteiger partial charge in [-0.05, 0) is 79.4 Å². The Kier molecular flexibility index (Phi) is 5.61. The first-order valence-electron chi connectivity index (χ1n) is 9.88. The predicted molar refractivity (Wildman–Crippen MR) is 96.5 cm³/mol. The number of unbranched alkanes of at least 4 members (excludes halogenated alkanes) is 2. The van der Waals surface area contributed by atoms with E-state index in [1.165, 1.54) is 70.6 Å². The summed E-state index contributed by atoms with van der Waals surface area (Å²) in [6.45, 7) is 4.71. The van der Waals surface area contributed by atoms with E-state index in [0.29, 0.717) is 0 Å². The smallest absolute Gasteiger partial charge is 0.0162 e. The van der Waals surface area contributed by atoms with Gasteiger partial charge in [0, 0.05) is 0 Å². The largest absolute Gasteiger partial charge is 0.0654 e. The molecule has 0 aromatic heterocycles. The standard InChI is InChI=1S/C22H34/c1-3-4-5-6-18-8-11-19(12-9-18)21-14-13-20-15-17(2)7-10-22(20)16-21/h13-14,16-19H,3-12,15H2,1-2H3. The lowest BCUT2D eigenvalue weighted by molar-refractivity contribution is 0.302.